The molecule has 2 aliphatic heterocycles. The van der Waals surface area contributed by atoms with E-state index in [1.54, 1.807) is 0 Å². The van der Waals surface area contributed by atoms with Crippen LogP contribution in [0.1, 0.15) is 78.1 Å². The number of carbonyl (C=O) groups is 3. The first kappa shape index (κ1) is 19.2. The van der Waals surface area contributed by atoms with Gasteiger partial charge < -0.3 is 10.2 Å². The number of carbonyl (C=O) groups excluding carboxylic acids is 3. The number of hydrogen-bond acceptors (Lipinski definition) is 3. The van der Waals surface area contributed by atoms with Gasteiger partial charge in [-0.2, -0.15) is 0 Å². The highest BCUT2D eigenvalue weighted by Crippen LogP contribution is 2.35. The van der Waals surface area contributed by atoms with Gasteiger partial charge in [0.15, 0.2) is 0 Å². The highest BCUT2D eigenvalue weighted by Gasteiger charge is 2.50. The van der Waals surface area contributed by atoms with Crippen molar-refractivity contribution in [3.05, 3.63) is 0 Å². The van der Waals surface area contributed by atoms with E-state index in [1.165, 1.54) is 30.6 Å². The number of rotatable bonds is 6. The van der Waals surface area contributed by atoms with Crippen molar-refractivity contribution >= 4 is 17.8 Å². The van der Waals surface area contributed by atoms with Crippen molar-refractivity contribution in [3.63, 3.8) is 0 Å². The maximum Gasteiger partial charge on any atom is 0.325 e. The Bertz CT molecular complexity index is 555. The number of piperidine rings is 1. The Labute approximate surface area is 156 Å². The number of nitrogens with one attached hydrogen (secondary N) is 1. The van der Waals surface area contributed by atoms with Crippen LogP contribution in [0.25, 0.3) is 0 Å². The Morgan fingerprint density at radius 1 is 1.08 bits per heavy atom. The fraction of sp³-hybridized carbons (Fsp3) is 0.850. The highest BCUT2D eigenvalue weighted by atomic mass is 16.2. The van der Waals surface area contributed by atoms with E-state index < -0.39 is 11.6 Å². The molecule has 0 aromatic rings. The SMILES string of the molecule is CCCC1(CCC)NC(=O)N(CC(=O)N2CCC[C@@H]3CCCC[C@H]32)C1=O. The molecule has 0 aromatic carbocycles. The minimum Gasteiger partial charge on any atom is -0.338 e. The molecule has 146 valence electrons. The Kier molecular flexibility index (Phi) is 5.88. The number of fused-ring (bicyclic) bond motifs is 1. The summed E-state index contributed by atoms with van der Waals surface area (Å²) in [4.78, 5) is 41.6. The average Bonchev–Trinajstić information content (AvgIpc) is 2.86. The topological polar surface area (TPSA) is 69.7 Å². The van der Waals surface area contributed by atoms with Gasteiger partial charge in [0.25, 0.3) is 5.91 Å². The van der Waals surface area contributed by atoms with Crippen molar-refractivity contribution in [2.24, 2.45) is 5.92 Å². The quantitative estimate of drug-likeness (QED) is 0.737. The van der Waals surface area contributed by atoms with Gasteiger partial charge in [0.2, 0.25) is 5.91 Å². The molecule has 2 saturated heterocycles. The van der Waals surface area contributed by atoms with Crippen molar-refractivity contribution in [1.82, 2.24) is 15.1 Å². The van der Waals surface area contributed by atoms with Crippen LogP contribution in [0.5, 0.6) is 0 Å². The van der Waals surface area contributed by atoms with Gasteiger partial charge in [0, 0.05) is 12.6 Å². The van der Waals surface area contributed by atoms with Gasteiger partial charge in [-0.3, -0.25) is 14.5 Å². The molecule has 2 atom stereocenters. The third kappa shape index (κ3) is 3.47. The van der Waals surface area contributed by atoms with Crippen LogP contribution in [-0.2, 0) is 9.59 Å². The van der Waals surface area contributed by atoms with Crippen LogP contribution < -0.4 is 5.32 Å². The summed E-state index contributed by atoms with van der Waals surface area (Å²) >= 11 is 0. The molecule has 0 spiro atoms. The summed E-state index contributed by atoms with van der Waals surface area (Å²) in [7, 11) is 0. The summed E-state index contributed by atoms with van der Waals surface area (Å²) in [5, 5.41) is 2.90. The molecule has 1 N–H and O–H groups in total. The normalized spacial score (nSPS) is 28.1. The largest absolute Gasteiger partial charge is 0.338 e. The molecular formula is C20H33N3O3. The van der Waals surface area contributed by atoms with E-state index in [0.717, 1.165) is 32.2 Å². The minimum absolute atomic E-state index is 0.0612. The van der Waals surface area contributed by atoms with Crippen LogP contribution in [0.4, 0.5) is 4.79 Å². The second kappa shape index (κ2) is 7.97. The van der Waals surface area contributed by atoms with Gasteiger partial charge in [0.1, 0.15) is 12.1 Å². The molecule has 0 aromatic heterocycles. The first-order chi connectivity index (χ1) is 12.5. The van der Waals surface area contributed by atoms with Crippen LogP contribution in [0, 0.1) is 5.92 Å². The van der Waals surface area contributed by atoms with E-state index >= 15 is 0 Å². The van der Waals surface area contributed by atoms with Crippen molar-refractivity contribution in [2.75, 3.05) is 13.1 Å². The zero-order chi connectivity index (χ0) is 18.7. The average molecular weight is 364 g/mol. The second-order valence-electron chi connectivity index (χ2n) is 8.24. The molecule has 26 heavy (non-hydrogen) atoms. The maximum atomic E-state index is 13.0. The van der Waals surface area contributed by atoms with Crippen LogP contribution in [0.2, 0.25) is 0 Å². The zero-order valence-electron chi connectivity index (χ0n) is 16.3. The summed E-state index contributed by atoms with van der Waals surface area (Å²) < 4.78 is 0. The maximum absolute atomic E-state index is 13.0. The van der Waals surface area contributed by atoms with E-state index in [-0.39, 0.29) is 18.4 Å². The molecule has 6 heteroatoms. The van der Waals surface area contributed by atoms with Crippen LogP contribution >= 0.6 is 0 Å². The molecular weight excluding hydrogens is 330 g/mol. The van der Waals surface area contributed by atoms with Gasteiger partial charge in [-0.15, -0.1) is 0 Å². The number of amides is 4. The summed E-state index contributed by atoms with van der Waals surface area (Å²) in [6.45, 7) is 4.69. The molecule has 3 rings (SSSR count). The van der Waals surface area contributed by atoms with Crippen molar-refractivity contribution in [1.29, 1.82) is 0 Å². The lowest BCUT2D eigenvalue weighted by Crippen LogP contribution is -2.53. The lowest BCUT2D eigenvalue weighted by atomic mass is 9.78. The van der Waals surface area contributed by atoms with Crippen LogP contribution in [-0.4, -0.2) is 52.3 Å². The Hall–Kier alpha value is -1.59. The second-order valence-corrected chi connectivity index (χ2v) is 8.24. The van der Waals surface area contributed by atoms with E-state index in [2.05, 4.69) is 5.32 Å². The van der Waals surface area contributed by atoms with Crippen molar-refractivity contribution in [2.45, 2.75) is 89.6 Å². The van der Waals surface area contributed by atoms with Crippen LogP contribution in [0.15, 0.2) is 0 Å². The predicted molar refractivity (Wildman–Crippen MR) is 99.5 cm³/mol. The van der Waals surface area contributed by atoms with E-state index in [4.69, 9.17) is 0 Å². The highest BCUT2D eigenvalue weighted by molar-refractivity contribution is 6.09. The molecule has 1 aliphatic carbocycles. The molecule has 0 radical (unpaired) electrons. The number of likely N-dealkylation sites (tertiary alicyclic amines) is 1. The first-order valence-corrected chi connectivity index (χ1v) is 10.5. The molecule has 4 amide bonds. The third-order valence-electron chi connectivity index (χ3n) is 6.46. The lowest BCUT2D eigenvalue weighted by molar-refractivity contribution is -0.143. The van der Waals surface area contributed by atoms with Gasteiger partial charge in [-0.25, -0.2) is 4.79 Å². The third-order valence-corrected chi connectivity index (χ3v) is 6.46. The fourth-order valence-electron chi connectivity index (χ4n) is 5.30. The molecule has 0 bridgehead atoms. The molecule has 1 saturated carbocycles. The molecule has 6 nitrogen and oxygen atoms in total. The van der Waals surface area contributed by atoms with Gasteiger partial charge in [0.05, 0.1) is 0 Å². The summed E-state index contributed by atoms with van der Waals surface area (Å²) in [5.41, 5.74) is -0.809. The first-order valence-electron chi connectivity index (χ1n) is 10.5. The summed E-state index contributed by atoms with van der Waals surface area (Å²) in [6.07, 6.45) is 9.83. The zero-order valence-corrected chi connectivity index (χ0v) is 16.3. The number of imide groups is 1. The lowest BCUT2D eigenvalue weighted by Gasteiger charge is -2.44. The standard InChI is InChI=1S/C20H33N3O3/c1-3-11-20(12-4-2)18(25)23(19(26)21-20)14-17(24)22-13-7-9-15-8-5-6-10-16(15)22/h15-16H,3-14H2,1-2H3,(H,21,26)/t15-,16+/m0/s1. The van der Waals surface area contributed by atoms with Gasteiger partial charge in [-0.1, -0.05) is 39.5 Å². The van der Waals surface area contributed by atoms with Gasteiger partial charge >= 0.3 is 6.03 Å². The summed E-state index contributed by atoms with van der Waals surface area (Å²) in [5.74, 6) is 0.328. The van der Waals surface area contributed by atoms with Crippen molar-refractivity contribution in [3.8, 4) is 0 Å². The Morgan fingerprint density at radius 2 is 1.73 bits per heavy atom. The number of urea groups is 1. The number of hydrogen-bond donors (Lipinski definition) is 1. The number of nitrogens with zero attached hydrogens (tertiary/aromatic N) is 2. The molecule has 3 fully saturated rings. The minimum atomic E-state index is -0.809. The monoisotopic (exact) mass is 363 g/mol. The molecule has 3 aliphatic rings. The Morgan fingerprint density at radius 3 is 2.42 bits per heavy atom. The van der Waals surface area contributed by atoms with Crippen molar-refractivity contribution < 1.29 is 14.4 Å². The van der Waals surface area contributed by atoms with E-state index in [9.17, 15) is 14.4 Å². The smallest absolute Gasteiger partial charge is 0.325 e. The molecule has 2 heterocycles. The Balaban J connectivity index is 1.70. The van der Waals surface area contributed by atoms with E-state index in [1.807, 2.05) is 18.7 Å². The molecule has 0 unspecified atom stereocenters. The fourth-order valence-corrected chi connectivity index (χ4v) is 5.30. The van der Waals surface area contributed by atoms with E-state index in [0.29, 0.717) is 24.8 Å². The van der Waals surface area contributed by atoms with Gasteiger partial charge in [-0.05, 0) is 44.4 Å². The van der Waals surface area contributed by atoms with Crippen LogP contribution in [0.3, 0.4) is 0 Å². The summed E-state index contributed by atoms with van der Waals surface area (Å²) in [6, 6.07) is -0.0933. The predicted octanol–water partition coefficient (Wildman–Crippen LogP) is 3.06.